The van der Waals surface area contributed by atoms with Crippen LogP contribution in [0, 0.1) is 6.92 Å². The quantitative estimate of drug-likeness (QED) is 0.891. The van der Waals surface area contributed by atoms with Gasteiger partial charge in [0.2, 0.25) is 0 Å². The van der Waals surface area contributed by atoms with E-state index in [-0.39, 0.29) is 6.04 Å². The molecule has 0 amide bonds. The average molecular weight is 256 g/mol. The minimum absolute atomic E-state index is 0.239. The Hall–Kier alpha value is -1.87. The average Bonchev–Trinajstić information content (AvgIpc) is 2.46. The molecule has 1 aromatic carbocycles. The Bertz CT molecular complexity index is 526. The van der Waals surface area contributed by atoms with Crippen molar-refractivity contribution in [3.8, 4) is 5.75 Å². The van der Waals surface area contributed by atoms with Crippen LogP contribution in [0.2, 0.25) is 0 Å². The van der Waals surface area contributed by atoms with E-state index < -0.39 is 0 Å². The van der Waals surface area contributed by atoms with Crippen LogP contribution in [0.4, 0.5) is 0 Å². The third kappa shape index (κ3) is 3.55. The Labute approximate surface area is 114 Å². The largest absolute Gasteiger partial charge is 0.496 e. The van der Waals surface area contributed by atoms with Crippen LogP contribution in [0.15, 0.2) is 42.7 Å². The van der Waals surface area contributed by atoms with Crippen LogP contribution < -0.4 is 10.1 Å². The summed E-state index contributed by atoms with van der Waals surface area (Å²) in [6.07, 6.45) is 3.63. The highest BCUT2D eigenvalue weighted by molar-refractivity contribution is 5.38. The number of rotatable bonds is 5. The first-order valence-corrected chi connectivity index (χ1v) is 6.47. The molecule has 2 rings (SSSR count). The minimum Gasteiger partial charge on any atom is -0.496 e. The molecule has 0 spiro atoms. The lowest BCUT2D eigenvalue weighted by Gasteiger charge is -2.18. The van der Waals surface area contributed by atoms with Gasteiger partial charge in [-0.1, -0.05) is 17.7 Å². The number of aryl methyl sites for hydroxylation is 1. The van der Waals surface area contributed by atoms with Crippen molar-refractivity contribution in [2.45, 2.75) is 26.4 Å². The van der Waals surface area contributed by atoms with E-state index in [4.69, 9.17) is 4.74 Å². The van der Waals surface area contributed by atoms with Gasteiger partial charge in [-0.2, -0.15) is 0 Å². The lowest BCUT2D eigenvalue weighted by atomic mass is 10.0. The maximum Gasteiger partial charge on any atom is 0.123 e. The first-order chi connectivity index (χ1) is 9.20. The zero-order valence-electron chi connectivity index (χ0n) is 11.7. The van der Waals surface area contributed by atoms with Gasteiger partial charge in [0.05, 0.1) is 7.11 Å². The summed E-state index contributed by atoms with van der Waals surface area (Å²) in [5, 5.41) is 3.51. The lowest BCUT2D eigenvalue weighted by molar-refractivity contribution is 0.401. The highest BCUT2D eigenvalue weighted by Crippen LogP contribution is 2.26. The van der Waals surface area contributed by atoms with Gasteiger partial charge in [0.15, 0.2) is 0 Å². The van der Waals surface area contributed by atoms with Crippen LogP contribution in [0.3, 0.4) is 0 Å². The summed E-state index contributed by atoms with van der Waals surface area (Å²) in [6.45, 7) is 5.07. The summed E-state index contributed by atoms with van der Waals surface area (Å²) < 4.78 is 5.42. The van der Waals surface area contributed by atoms with Gasteiger partial charge in [-0.3, -0.25) is 4.98 Å². The molecule has 2 aromatic rings. The van der Waals surface area contributed by atoms with E-state index in [1.165, 1.54) is 16.7 Å². The maximum atomic E-state index is 5.42. The molecule has 3 nitrogen and oxygen atoms in total. The normalized spacial score (nSPS) is 12.2. The smallest absolute Gasteiger partial charge is 0.123 e. The molecular weight excluding hydrogens is 236 g/mol. The van der Waals surface area contributed by atoms with Gasteiger partial charge in [-0.25, -0.2) is 0 Å². The topological polar surface area (TPSA) is 34.1 Å². The van der Waals surface area contributed by atoms with Crippen molar-refractivity contribution in [2.24, 2.45) is 0 Å². The third-order valence-electron chi connectivity index (χ3n) is 3.21. The van der Waals surface area contributed by atoms with Crippen molar-refractivity contribution < 1.29 is 4.74 Å². The monoisotopic (exact) mass is 256 g/mol. The molecule has 1 N–H and O–H groups in total. The standard InChI is InChI=1S/C16H20N2O/c1-12-4-5-16(19-3)15(10-12)13(2)18-11-14-6-8-17-9-7-14/h4-10,13,18H,11H2,1-3H3. The molecule has 1 atom stereocenters. The van der Waals surface area contributed by atoms with Crippen molar-refractivity contribution in [1.82, 2.24) is 10.3 Å². The molecule has 0 aliphatic rings. The predicted molar refractivity (Wildman–Crippen MR) is 77.2 cm³/mol. The zero-order chi connectivity index (χ0) is 13.7. The van der Waals surface area contributed by atoms with Crippen molar-refractivity contribution in [1.29, 1.82) is 0 Å². The summed E-state index contributed by atoms with van der Waals surface area (Å²) in [4.78, 5) is 4.02. The van der Waals surface area contributed by atoms with Gasteiger partial charge < -0.3 is 10.1 Å². The van der Waals surface area contributed by atoms with Crippen molar-refractivity contribution >= 4 is 0 Å². The lowest BCUT2D eigenvalue weighted by Crippen LogP contribution is -2.18. The molecule has 1 aromatic heterocycles. The Kier molecular flexibility index (Phi) is 4.53. The first kappa shape index (κ1) is 13.6. The molecule has 100 valence electrons. The van der Waals surface area contributed by atoms with Crippen molar-refractivity contribution in [2.75, 3.05) is 7.11 Å². The van der Waals surface area contributed by atoms with Gasteiger partial charge in [-0.05, 0) is 37.6 Å². The molecule has 0 aliphatic carbocycles. The van der Waals surface area contributed by atoms with Gasteiger partial charge >= 0.3 is 0 Å². The Morgan fingerprint density at radius 3 is 2.63 bits per heavy atom. The van der Waals surface area contributed by atoms with Crippen LogP contribution in [-0.2, 0) is 6.54 Å². The second kappa shape index (κ2) is 6.34. The van der Waals surface area contributed by atoms with Crippen LogP contribution >= 0.6 is 0 Å². The van der Waals surface area contributed by atoms with E-state index in [1.54, 1.807) is 7.11 Å². The SMILES string of the molecule is COc1ccc(C)cc1C(C)NCc1ccncc1. The number of ether oxygens (including phenoxy) is 1. The van der Waals surface area contributed by atoms with E-state index in [9.17, 15) is 0 Å². The maximum absolute atomic E-state index is 5.42. The second-order valence-corrected chi connectivity index (χ2v) is 4.70. The summed E-state index contributed by atoms with van der Waals surface area (Å²) in [7, 11) is 1.71. The zero-order valence-corrected chi connectivity index (χ0v) is 11.7. The molecule has 3 heteroatoms. The number of benzene rings is 1. The van der Waals surface area contributed by atoms with Crippen LogP contribution in [0.5, 0.6) is 5.75 Å². The van der Waals surface area contributed by atoms with Gasteiger partial charge in [0.1, 0.15) is 5.75 Å². The molecule has 0 aliphatic heterocycles. The van der Waals surface area contributed by atoms with Crippen LogP contribution in [0.1, 0.15) is 29.7 Å². The highest BCUT2D eigenvalue weighted by atomic mass is 16.5. The van der Waals surface area contributed by atoms with E-state index >= 15 is 0 Å². The molecule has 0 saturated carbocycles. The summed E-state index contributed by atoms with van der Waals surface area (Å²) in [5.74, 6) is 0.931. The van der Waals surface area contributed by atoms with Gasteiger partial charge in [0, 0.05) is 30.5 Å². The molecule has 0 fully saturated rings. The van der Waals surface area contributed by atoms with Gasteiger partial charge in [0.25, 0.3) is 0 Å². The number of pyridine rings is 1. The fraction of sp³-hybridized carbons (Fsp3) is 0.312. The predicted octanol–water partition coefficient (Wildman–Crippen LogP) is 3.25. The first-order valence-electron chi connectivity index (χ1n) is 6.47. The van der Waals surface area contributed by atoms with E-state index in [0.717, 1.165) is 12.3 Å². The molecule has 1 unspecified atom stereocenters. The molecule has 0 saturated heterocycles. The molecule has 0 radical (unpaired) electrons. The van der Waals surface area contributed by atoms with Crippen LogP contribution in [0.25, 0.3) is 0 Å². The number of aromatic nitrogens is 1. The highest BCUT2D eigenvalue weighted by Gasteiger charge is 2.11. The molecule has 0 bridgehead atoms. The van der Waals surface area contributed by atoms with E-state index in [0.29, 0.717) is 0 Å². The number of hydrogen-bond donors (Lipinski definition) is 1. The number of methoxy groups -OCH3 is 1. The third-order valence-corrected chi connectivity index (χ3v) is 3.21. The number of nitrogens with one attached hydrogen (secondary N) is 1. The summed E-state index contributed by atoms with van der Waals surface area (Å²) >= 11 is 0. The van der Waals surface area contributed by atoms with Crippen molar-refractivity contribution in [3.05, 3.63) is 59.4 Å². The van der Waals surface area contributed by atoms with E-state index in [1.807, 2.05) is 30.6 Å². The van der Waals surface area contributed by atoms with Gasteiger partial charge in [-0.15, -0.1) is 0 Å². The second-order valence-electron chi connectivity index (χ2n) is 4.70. The fourth-order valence-corrected chi connectivity index (χ4v) is 2.07. The number of nitrogens with zero attached hydrogens (tertiary/aromatic N) is 1. The molecule has 19 heavy (non-hydrogen) atoms. The molecule has 1 heterocycles. The Morgan fingerprint density at radius 2 is 1.95 bits per heavy atom. The van der Waals surface area contributed by atoms with Crippen molar-refractivity contribution in [3.63, 3.8) is 0 Å². The van der Waals surface area contributed by atoms with Crippen LogP contribution in [-0.4, -0.2) is 12.1 Å². The molecular formula is C16H20N2O. The summed E-state index contributed by atoms with van der Waals surface area (Å²) in [6, 6.07) is 10.5. The fourth-order valence-electron chi connectivity index (χ4n) is 2.07. The Morgan fingerprint density at radius 1 is 1.21 bits per heavy atom. The number of hydrogen-bond acceptors (Lipinski definition) is 3. The summed E-state index contributed by atoms with van der Waals surface area (Å²) in [5.41, 5.74) is 3.67. The Balaban J connectivity index is 2.07. The minimum atomic E-state index is 0.239. The van der Waals surface area contributed by atoms with E-state index in [2.05, 4.69) is 36.3 Å².